The average Bonchev–Trinajstić information content (AvgIpc) is 3.21. The molecule has 1 aromatic carbocycles. The van der Waals surface area contributed by atoms with Crippen molar-refractivity contribution in [2.24, 2.45) is 4.99 Å². The summed E-state index contributed by atoms with van der Waals surface area (Å²) in [6, 6.07) is 11.8. The Bertz CT molecular complexity index is 709. The van der Waals surface area contributed by atoms with Crippen LogP contribution in [0.3, 0.4) is 0 Å². The van der Waals surface area contributed by atoms with Crippen LogP contribution in [0.15, 0.2) is 53.8 Å². The van der Waals surface area contributed by atoms with Crippen LogP contribution in [0, 0.1) is 0 Å². The van der Waals surface area contributed by atoms with Gasteiger partial charge in [0.2, 0.25) is 0 Å². The van der Waals surface area contributed by atoms with E-state index in [-0.39, 0.29) is 29.9 Å². The van der Waals surface area contributed by atoms with Crippen molar-refractivity contribution in [1.29, 1.82) is 0 Å². The molecule has 0 aliphatic carbocycles. The van der Waals surface area contributed by atoms with Gasteiger partial charge in [-0.2, -0.15) is 0 Å². The van der Waals surface area contributed by atoms with Gasteiger partial charge in [0.15, 0.2) is 5.96 Å². The van der Waals surface area contributed by atoms with E-state index in [1.807, 2.05) is 67.5 Å². The van der Waals surface area contributed by atoms with Crippen LogP contribution in [0.2, 0.25) is 0 Å². The zero-order chi connectivity index (χ0) is 19.5. The lowest BCUT2D eigenvalue weighted by Crippen LogP contribution is -2.38. The van der Waals surface area contributed by atoms with Gasteiger partial charge in [0.25, 0.3) is 5.91 Å². The number of aromatic nitrogens is 1. The van der Waals surface area contributed by atoms with E-state index in [1.165, 1.54) is 0 Å². The predicted molar refractivity (Wildman–Crippen MR) is 126 cm³/mol. The second-order valence-corrected chi connectivity index (χ2v) is 6.22. The van der Waals surface area contributed by atoms with E-state index in [0.29, 0.717) is 6.54 Å². The van der Waals surface area contributed by atoms with E-state index < -0.39 is 0 Å². The molecule has 154 valence electrons. The lowest BCUT2D eigenvalue weighted by atomic mass is 10.1. The Hall–Kier alpha value is -2.03. The van der Waals surface area contributed by atoms with Crippen molar-refractivity contribution in [1.82, 2.24) is 20.1 Å². The quantitative estimate of drug-likeness (QED) is 0.318. The highest BCUT2D eigenvalue weighted by Crippen LogP contribution is 2.09. The number of carbonyl (C=O) groups excluding carboxylic acids is 1. The SMILES string of the molecule is CCNC(=NCc1ccc(C(=O)N(CC)CC)cc1)NCCn1cccc1.I. The minimum Gasteiger partial charge on any atom is -0.357 e. The summed E-state index contributed by atoms with van der Waals surface area (Å²) < 4.78 is 2.13. The van der Waals surface area contributed by atoms with E-state index in [9.17, 15) is 4.79 Å². The van der Waals surface area contributed by atoms with Crippen molar-refractivity contribution < 1.29 is 4.79 Å². The zero-order valence-electron chi connectivity index (χ0n) is 17.0. The molecule has 0 radical (unpaired) electrons. The first-order chi connectivity index (χ1) is 13.2. The third-order valence-corrected chi connectivity index (χ3v) is 4.34. The van der Waals surface area contributed by atoms with Crippen LogP contribution < -0.4 is 10.6 Å². The number of halogens is 1. The molecule has 0 atom stereocenters. The van der Waals surface area contributed by atoms with Gasteiger partial charge in [-0.25, -0.2) is 4.99 Å². The van der Waals surface area contributed by atoms with Crippen molar-refractivity contribution in [3.63, 3.8) is 0 Å². The van der Waals surface area contributed by atoms with Crippen LogP contribution in [0.5, 0.6) is 0 Å². The van der Waals surface area contributed by atoms with Crippen molar-refractivity contribution in [3.8, 4) is 0 Å². The molecular weight excluding hydrogens is 465 g/mol. The summed E-state index contributed by atoms with van der Waals surface area (Å²) in [7, 11) is 0. The first-order valence-electron chi connectivity index (χ1n) is 9.69. The summed E-state index contributed by atoms with van der Waals surface area (Å²) in [4.78, 5) is 18.8. The smallest absolute Gasteiger partial charge is 0.253 e. The van der Waals surface area contributed by atoms with Crippen molar-refractivity contribution >= 4 is 35.8 Å². The maximum atomic E-state index is 12.4. The fraction of sp³-hybridized carbons (Fsp3) is 0.429. The zero-order valence-corrected chi connectivity index (χ0v) is 19.3. The highest BCUT2D eigenvalue weighted by Gasteiger charge is 2.11. The summed E-state index contributed by atoms with van der Waals surface area (Å²) in [6.45, 7) is 10.6. The molecule has 0 saturated heterocycles. The highest BCUT2D eigenvalue weighted by molar-refractivity contribution is 14.0. The number of benzene rings is 1. The van der Waals surface area contributed by atoms with E-state index >= 15 is 0 Å². The molecule has 0 fully saturated rings. The molecule has 0 spiro atoms. The Balaban J connectivity index is 0.00000392. The van der Waals surface area contributed by atoms with Gasteiger partial charge in [-0.15, -0.1) is 24.0 Å². The highest BCUT2D eigenvalue weighted by atomic mass is 127. The Morgan fingerprint density at radius 3 is 2.25 bits per heavy atom. The van der Waals surface area contributed by atoms with Gasteiger partial charge in [0.05, 0.1) is 6.54 Å². The number of nitrogens with zero attached hydrogens (tertiary/aromatic N) is 3. The molecule has 1 heterocycles. The molecule has 0 saturated carbocycles. The average molecular weight is 497 g/mol. The van der Waals surface area contributed by atoms with Gasteiger partial charge >= 0.3 is 0 Å². The molecule has 1 amide bonds. The van der Waals surface area contributed by atoms with Gasteiger partial charge in [0, 0.05) is 50.7 Å². The first-order valence-corrected chi connectivity index (χ1v) is 9.69. The van der Waals surface area contributed by atoms with Gasteiger partial charge in [-0.3, -0.25) is 4.79 Å². The Morgan fingerprint density at radius 2 is 1.68 bits per heavy atom. The minimum atomic E-state index is 0. The van der Waals surface area contributed by atoms with Crippen molar-refractivity contribution in [2.45, 2.75) is 33.9 Å². The molecule has 0 bridgehead atoms. The molecule has 7 heteroatoms. The third-order valence-electron chi connectivity index (χ3n) is 4.34. The first kappa shape index (κ1) is 24.0. The fourth-order valence-corrected chi connectivity index (χ4v) is 2.78. The molecule has 28 heavy (non-hydrogen) atoms. The van der Waals surface area contributed by atoms with E-state index in [0.717, 1.165) is 49.8 Å². The van der Waals surface area contributed by atoms with E-state index in [1.54, 1.807) is 0 Å². The second-order valence-electron chi connectivity index (χ2n) is 6.22. The van der Waals surface area contributed by atoms with Crippen LogP contribution in [-0.2, 0) is 13.1 Å². The van der Waals surface area contributed by atoms with Crippen LogP contribution in [0.4, 0.5) is 0 Å². The summed E-state index contributed by atoms with van der Waals surface area (Å²) in [5, 5.41) is 6.61. The Kier molecular flexibility index (Phi) is 11.3. The Labute approximate surface area is 185 Å². The molecule has 2 rings (SSSR count). The Morgan fingerprint density at radius 1 is 1.04 bits per heavy atom. The maximum Gasteiger partial charge on any atom is 0.253 e. The number of aliphatic imine (C=N–C) groups is 1. The normalized spacial score (nSPS) is 10.9. The van der Waals surface area contributed by atoms with Crippen LogP contribution in [0.25, 0.3) is 0 Å². The monoisotopic (exact) mass is 497 g/mol. The summed E-state index contributed by atoms with van der Waals surface area (Å²) in [6.07, 6.45) is 4.10. The second kappa shape index (κ2) is 13.2. The molecule has 1 aromatic heterocycles. The number of nitrogens with one attached hydrogen (secondary N) is 2. The maximum absolute atomic E-state index is 12.4. The molecule has 0 unspecified atom stereocenters. The number of guanidine groups is 1. The predicted octanol–water partition coefficient (Wildman–Crippen LogP) is 3.34. The summed E-state index contributed by atoms with van der Waals surface area (Å²) in [5.74, 6) is 0.878. The van der Waals surface area contributed by atoms with Crippen molar-refractivity contribution in [3.05, 3.63) is 59.9 Å². The van der Waals surface area contributed by atoms with E-state index in [4.69, 9.17) is 0 Å². The van der Waals surface area contributed by atoms with Crippen LogP contribution in [0.1, 0.15) is 36.7 Å². The number of rotatable bonds is 9. The molecule has 0 aliphatic rings. The molecular formula is C21H32IN5O. The van der Waals surface area contributed by atoms with Gasteiger partial charge in [-0.1, -0.05) is 12.1 Å². The van der Waals surface area contributed by atoms with Gasteiger partial charge < -0.3 is 20.1 Å². The van der Waals surface area contributed by atoms with E-state index in [2.05, 4.69) is 27.1 Å². The van der Waals surface area contributed by atoms with Crippen LogP contribution in [-0.4, -0.2) is 47.5 Å². The topological polar surface area (TPSA) is 61.7 Å². The minimum absolute atomic E-state index is 0. The molecule has 2 N–H and O–H groups in total. The molecule has 0 aliphatic heterocycles. The lowest BCUT2D eigenvalue weighted by molar-refractivity contribution is 0.0773. The van der Waals surface area contributed by atoms with Crippen molar-refractivity contribution in [2.75, 3.05) is 26.2 Å². The third kappa shape index (κ3) is 7.53. The molecule has 6 nitrogen and oxygen atoms in total. The van der Waals surface area contributed by atoms with Gasteiger partial charge in [0.1, 0.15) is 0 Å². The molecule has 2 aromatic rings. The number of amides is 1. The summed E-state index contributed by atoms with van der Waals surface area (Å²) >= 11 is 0. The largest absolute Gasteiger partial charge is 0.357 e. The fourth-order valence-electron chi connectivity index (χ4n) is 2.78. The van der Waals surface area contributed by atoms with Gasteiger partial charge in [-0.05, 0) is 50.6 Å². The summed E-state index contributed by atoms with van der Waals surface area (Å²) in [5.41, 5.74) is 1.80. The number of hydrogen-bond acceptors (Lipinski definition) is 2. The number of carbonyl (C=O) groups is 1. The lowest BCUT2D eigenvalue weighted by Gasteiger charge is -2.18. The number of hydrogen-bond donors (Lipinski definition) is 2. The standard InChI is InChI=1S/C21H31N5O.HI/c1-4-22-21(23-13-16-25-14-7-8-15-25)24-17-18-9-11-19(12-10-18)20(27)26(5-2)6-3;/h7-12,14-15H,4-6,13,16-17H2,1-3H3,(H2,22,23,24);1H. The van der Waals surface area contributed by atoms with Crippen LogP contribution >= 0.6 is 24.0 Å².